The van der Waals surface area contributed by atoms with Crippen molar-refractivity contribution in [1.82, 2.24) is 15.3 Å². The van der Waals surface area contributed by atoms with Crippen molar-refractivity contribution < 1.29 is 14.3 Å². The summed E-state index contributed by atoms with van der Waals surface area (Å²) in [7, 11) is 1.60. The minimum absolute atomic E-state index is 0.00239. The Balaban J connectivity index is 1.73. The van der Waals surface area contributed by atoms with Crippen molar-refractivity contribution in [3.63, 3.8) is 0 Å². The van der Waals surface area contributed by atoms with Crippen LogP contribution >= 0.6 is 0 Å². The van der Waals surface area contributed by atoms with Gasteiger partial charge in [-0.3, -0.25) is 9.78 Å². The van der Waals surface area contributed by atoms with Crippen LogP contribution in [0, 0.1) is 0 Å². The van der Waals surface area contributed by atoms with Crippen LogP contribution in [0.2, 0.25) is 0 Å². The topological polar surface area (TPSA) is 73.3 Å². The van der Waals surface area contributed by atoms with Gasteiger partial charge in [0.1, 0.15) is 12.4 Å². The van der Waals surface area contributed by atoms with Gasteiger partial charge in [-0.2, -0.15) is 0 Å². The molecule has 4 rings (SSSR count). The Labute approximate surface area is 151 Å². The van der Waals surface area contributed by atoms with Crippen molar-refractivity contribution in [1.29, 1.82) is 0 Å². The van der Waals surface area contributed by atoms with Crippen LogP contribution in [-0.4, -0.2) is 29.6 Å². The first kappa shape index (κ1) is 16.3. The fourth-order valence-corrected chi connectivity index (χ4v) is 3.14. The largest absolute Gasteiger partial charge is 0.490 e. The molecule has 1 aromatic carbocycles. The zero-order valence-electron chi connectivity index (χ0n) is 14.7. The summed E-state index contributed by atoms with van der Waals surface area (Å²) < 4.78 is 11.1. The SMILES string of the molecule is CCC(=O)N[C@@H]1COc2c(-c3ccc4nc(OC)ccc4c3)cncc21. The molecule has 1 aliphatic rings. The molecule has 1 aliphatic heterocycles. The molecule has 3 aromatic rings. The maximum absolute atomic E-state index is 11.7. The van der Waals surface area contributed by atoms with Crippen molar-refractivity contribution in [2.75, 3.05) is 13.7 Å². The third kappa shape index (κ3) is 2.83. The number of aromatic nitrogens is 2. The molecule has 0 saturated heterocycles. The molecule has 1 N–H and O–H groups in total. The zero-order chi connectivity index (χ0) is 18.1. The van der Waals surface area contributed by atoms with Crippen LogP contribution in [0.5, 0.6) is 11.6 Å². The highest BCUT2D eigenvalue weighted by Gasteiger charge is 2.28. The molecule has 6 heteroatoms. The summed E-state index contributed by atoms with van der Waals surface area (Å²) in [4.78, 5) is 20.5. The van der Waals surface area contributed by atoms with Crippen LogP contribution in [0.15, 0.2) is 42.7 Å². The molecule has 1 amide bonds. The van der Waals surface area contributed by atoms with Gasteiger partial charge in [0.2, 0.25) is 11.8 Å². The van der Waals surface area contributed by atoms with E-state index in [2.05, 4.69) is 21.4 Å². The second-order valence-corrected chi connectivity index (χ2v) is 6.15. The van der Waals surface area contributed by atoms with E-state index in [4.69, 9.17) is 9.47 Å². The zero-order valence-corrected chi connectivity index (χ0v) is 14.7. The van der Waals surface area contributed by atoms with Gasteiger partial charge in [-0.05, 0) is 23.8 Å². The Bertz CT molecular complexity index is 987. The molecule has 0 aliphatic carbocycles. The molecule has 0 fully saturated rings. The predicted molar refractivity (Wildman–Crippen MR) is 98.2 cm³/mol. The van der Waals surface area contributed by atoms with Gasteiger partial charge >= 0.3 is 0 Å². The Hall–Kier alpha value is -3.15. The molecule has 26 heavy (non-hydrogen) atoms. The first-order valence-electron chi connectivity index (χ1n) is 8.55. The highest BCUT2D eigenvalue weighted by atomic mass is 16.5. The summed E-state index contributed by atoms with van der Waals surface area (Å²) in [5, 5.41) is 3.99. The molecule has 3 heterocycles. The Morgan fingerprint density at radius 1 is 1.31 bits per heavy atom. The highest BCUT2D eigenvalue weighted by molar-refractivity contribution is 5.86. The van der Waals surface area contributed by atoms with Gasteiger partial charge in [0.05, 0.1) is 18.7 Å². The minimum atomic E-state index is -0.156. The summed E-state index contributed by atoms with van der Waals surface area (Å²) in [5.74, 6) is 1.37. The van der Waals surface area contributed by atoms with E-state index in [0.717, 1.165) is 33.3 Å². The lowest BCUT2D eigenvalue weighted by molar-refractivity contribution is -0.121. The molecule has 0 unspecified atom stereocenters. The van der Waals surface area contributed by atoms with Crippen molar-refractivity contribution in [3.05, 3.63) is 48.3 Å². The maximum atomic E-state index is 11.7. The maximum Gasteiger partial charge on any atom is 0.220 e. The smallest absolute Gasteiger partial charge is 0.220 e. The van der Waals surface area contributed by atoms with Crippen molar-refractivity contribution in [3.8, 4) is 22.8 Å². The molecule has 0 radical (unpaired) electrons. The van der Waals surface area contributed by atoms with Gasteiger partial charge < -0.3 is 14.8 Å². The Morgan fingerprint density at radius 2 is 2.19 bits per heavy atom. The summed E-state index contributed by atoms with van der Waals surface area (Å²) >= 11 is 0. The fourth-order valence-electron chi connectivity index (χ4n) is 3.14. The number of nitrogens with zero attached hydrogens (tertiary/aromatic N) is 2. The van der Waals surface area contributed by atoms with E-state index in [1.807, 2.05) is 31.2 Å². The number of amides is 1. The summed E-state index contributed by atoms with van der Waals surface area (Å²) in [6, 6.07) is 9.67. The lowest BCUT2D eigenvalue weighted by atomic mass is 10.0. The quantitative estimate of drug-likeness (QED) is 0.783. The number of fused-ring (bicyclic) bond motifs is 2. The van der Waals surface area contributed by atoms with E-state index in [1.54, 1.807) is 19.5 Å². The number of carbonyl (C=O) groups is 1. The molecule has 6 nitrogen and oxygen atoms in total. The van der Waals surface area contributed by atoms with E-state index < -0.39 is 0 Å². The van der Waals surface area contributed by atoms with Crippen LogP contribution in [-0.2, 0) is 4.79 Å². The highest BCUT2D eigenvalue weighted by Crippen LogP contribution is 2.40. The molecular formula is C20H19N3O3. The number of methoxy groups -OCH3 is 1. The number of rotatable bonds is 4. The lowest BCUT2D eigenvalue weighted by Gasteiger charge is -2.11. The molecule has 0 spiro atoms. The lowest BCUT2D eigenvalue weighted by Crippen LogP contribution is -2.28. The van der Waals surface area contributed by atoms with E-state index in [0.29, 0.717) is 18.9 Å². The number of carbonyl (C=O) groups excluding carboxylic acids is 1. The number of benzene rings is 1. The standard InChI is InChI=1S/C20H19N3O3/c1-3-18(24)22-17-11-26-20-14(9-21-10-15(17)20)12-4-6-16-13(8-12)5-7-19(23-16)25-2/h4-10,17H,3,11H2,1-2H3,(H,22,24)/t17-/m1/s1. The molecule has 2 aromatic heterocycles. The number of ether oxygens (including phenoxy) is 2. The number of hydrogen-bond acceptors (Lipinski definition) is 5. The normalized spacial score (nSPS) is 15.4. The average Bonchev–Trinajstić information content (AvgIpc) is 3.10. The van der Waals surface area contributed by atoms with Gasteiger partial charge in [-0.1, -0.05) is 13.0 Å². The molecule has 0 saturated carbocycles. The van der Waals surface area contributed by atoms with Gasteiger partial charge in [0.25, 0.3) is 0 Å². The Kier molecular flexibility index (Phi) is 4.16. The minimum Gasteiger partial charge on any atom is -0.490 e. The second kappa shape index (κ2) is 6.63. The van der Waals surface area contributed by atoms with E-state index in [-0.39, 0.29) is 11.9 Å². The average molecular weight is 349 g/mol. The first-order valence-corrected chi connectivity index (χ1v) is 8.55. The van der Waals surface area contributed by atoms with Crippen LogP contribution in [0.3, 0.4) is 0 Å². The third-order valence-corrected chi connectivity index (χ3v) is 4.53. The van der Waals surface area contributed by atoms with E-state index >= 15 is 0 Å². The monoisotopic (exact) mass is 349 g/mol. The summed E-state index contributed by atoms with van der Waals surface area (Å²) in [6.07, 6.45) is 4.00. The molecule has 132 valence electrons. The Morgan fingerprint density at radius 3 is 3.00 bits per heavy atom. The third-order valence-electron chi connectivity index (χ3n) is 4.53. The van der Waals surface area contributed by atoms with Gasteiger partial charge in [-0.25, -0.2) is 4.98 Å². The van der Waals surface area contributed by atoms with Crippen molar-refractivity contribution in [2.24, 2.45) is 0 Å². The van der Waals surface area contributed by atoms with Crippen molar-refractivity contribution >= 4 is 16.8 Å². The number of hydrogen-bond donors (Lipinski definition) is 1. The van der Waals surface area contributed by atoms with Crippen LogP contribution in [0.1, 0.15) is 24.9 Å². The molecule has 1 atom stereocenters. The number of nitrogens with one attached hydrogen (secondary N) is 1. The number of pyridine rings is 2. The second-order valence-electron chi connectivity index (χ2n) is 6.15. The van der Waals surface area contributed by atoms with Gasteiger partial charge in [0, 0.05) is 41.4 Å². The van der Waals surface area contributed by atoms with Gasteiger partial charge in [0.15, 0.2) is 0 Å². The van der Waals surface area contributed by atoms with Crippen LogP contribution in [0.4, 0.5) is 0 Å². The first-order chi connectivity index (χ1) is 12.7. The predicted octanol–water partition coefficient (Wildman–Crippen LogP) is 3.27. The van der Waals surface area contributed by atoms with Crippen molar-refractivity contribution in [2.45, 2.75) is 19.4 Å². The summed E-state index contributed by atoms with van der Waals surface area (Å²) in [5.41, 5.74) is 3.68. The molecule has 0 bridgehead atoms. The van der Waals surface area contributed by atoms with Crippen LogP contribution < -0.4 is 14.8 Å². The van der Waals surface area contributed by atoms with E-state index in [1.165, 1.54) is 0 Å². The summed E-state index contributed by atoms with van der Waals surface area (Å²) in [6.45, 7) is 2.25. The fraction of sp³-hybridized carbons (Fsp3) is 0.250. The van der Waals surface area contributed by atoms with Gasteiger partial charge in [-0.15, -0.1) is 0 Å². The molecular weight excluding hydrogens is 330 g/mol. The van der Waals surface area contributed by atoms with E-state index in [9.17, 15) is 4.79 Å². The van der Waals surface area contributed by atoms with Crippen LogP contribution in [0.25, 0.3) is 22.0 Å².